The lowest BCUT2D eigenvalue weighted by atomic mass is 10.1. The molecule has 0 bridgehead atoms. The quantitative estimate of drug-likeness (QED) is 0.745. The fourth-order valence-electron chi connectivity index (χ4n) is 2.31. The number of carbonyl (C=O) groups excluding carboxylic acids is 1. The van der Waals surface area contributed by atoms with Gasteiger partial charge in [-0.3, -0.25) is 4.79 Å². The van der Waals surface area contributed by atoms with Gasteiger partial charge in [-0.05, 0) is 25.0 Å². The molecule has 1 heterocycles. The Morgan fingerprint density at radius 2 is 2.00 bits per heavy atom. The van der Waals surface area contributed by atoms with Gasteiger partial charge >= 0.3 is 5.97 Å². The molecule has 0 saturated carbocycles. The van der Waals surface area contributed by atoms with Gasteiger partial charge in [0.25, 0.3) is 0 Å². The first-order chi connectivity index (χ1) is 10.9. The van der Waals surface area contributed by atoms with Crippen molar-refractivity contribution in [3.63, 3.8) is 0 Å². The van der Waals surface area contributed by atoms with Crippen molar-refractivity contribution in [1.29, 1.82) is 0 Å². The fraction of sp³-hybridized carbons (Fsp3) is 0.467. The van der Waals surface area contributed by atoms with Gasteiger partial charge in [-0.15, -0.1) is 0 Å². The summed E-state index contributed by atoms with van der Waals surface area (Å²) in [6, 6.07) is 6.58. The molecule has 0 radical (unpaired) electrons. The summed E-state index contributed by atoms with van der Waals surface area (Å²) >= 11 is 0. The minimum atomic E-state index is -3.58. The van der Waals surface area contributed by atoms with E-state index in [4.69, 9.17) is 4.74 Å². The van der Waals surface area contributed by atoms with E-state index < -0.39 is 27.8 Å². The lowest BCUT2D eigenvalue weighted by Crippen LogP contribution is -2.44. The summed E-state index contributed by atoms with van der Waals surface area (Å²) in [5.41, 5.74) is 0. The molecule has 1 aromatic rings. The molecule has 2 rings (SSSR count). The Balaban J connectivity index is 1.97. The van der Waals surface area contributed by atoms with Crippen molar-refractivity contribution in [2.45, 2.75) is 23.8 Å². The minimum Gasteiger partial charge on any atom is -0.480 e. The molecule has 8 heteroatoms. The van der Waals surface area contributed by atoms with Gasteiger partial charge in [0.15, 0.2) is 9.84 Å². The van der Waals surface area contributed by atoms with Gasteiger partial charge in [0.05, 0.1) is 23.2 Å². The summed E-state index contributed by atoms with van der Waals surface area (Å²) in [7, 11) is -3.58. The molecule has 0 spiro atoms. The first-order valence-electron chi connectivity index (χ1n) is 7.29. The van der Waals surface area contributed by atoms with Crippen LogP contribution in [0.5, 0.6) is 0 Å². The Morgan fingerprint density at radius 3 is 2.57 bits per heavy atom. The topological polar surface area (TPSA) is 110 Å². The Labute approximate surface area is 134 Å². The summed E-state index contributed by atoms with van der Waals surface area (Å²) in [6.07, 6.45) is 0.354. The molecule has 0 aromatic heterocycles. The van der Waals surface area contributed by atoms with Crippen molar-refractivity contribution in [1.82, 2.24) is 5.32 Å². The number of carboxylic acid groups (broad SMARTS) is 1. The van der Waals surface area contributed by atoms with Crippen molar-refractivity contribution in [3.05, 3.63) is 30.3 Å². The lowest BCUT2D eigenvalue weighted by molar-refractivity contribution is -0.142. The van der Waals surface area contributed by atoms with Crippen LogP contribution in [0.2, 0.25) is 0 Å². The van der Waals surface area contributed by atoms with E-state index in [-0.39, 0.29) is 29.6 Å². The molecule has 1 amide bonds. The van der Waals surface area contributed by atoms with Crippen molar-refractivity contribution in [2.24, 2.45) is 5.92 Å². The maximum atomic E-state index is 12.2. The van der Waals surface area contributed by atoms with E-state index in [1.807, 2.05) is 0 Å². The zero-order valence-corrected chi connectivity index (χ0v) is 13.3. The molecule has 126 valence electrons. The number of sulfone groups is 1. The molecule has 2 atom stereocenters. The van der Waals surface area contributed by atoms with E-state index >= 15 is 0 Å². The zero-order valence-electron chi connectivity index (χ0n) is 12.5. The molecule has 23 heavy (non-hydrogen) atoms. The number of rotatable bonds is 7. The summed E-state index contributed by atoms with van der Waals surface area (Å²) in [5, 5.41) is 11.6. The number of aliphatic carboxylic acids is 1. The molecule has 1 aliphatic rings. The predicted molar refractivity (Wildman–Crippen MR) is 81.6 cm³/mol. The second-order valence-corrected chi connectivity index (χ2v) is 7.49. The predicted octanol–water partition coefficient (Wildman–Crippen LogP) is 0.456. The van der Waals surface area contributed by atoms with E-state index in [2.05, 4.69) is 5.32 Å². The molecular formula is C15H19NO6S. The van der Waals surface area contributed by atoms with Gasteiger partial charge in [0.2, 0.25) is 5.91 Å². The van der Waals surface area contributed by atoms with Gasteiger partial charge in [-0.2, -0.15) is 0 Å². The molecule has 2 N–H and O–H groups in total. The average Bonchev–Trinajstić information content (AvgIpc) is 3.06. The number of carboxylic acids is 1. The smallest absolute Gasteiger partial charge is 0.326 e. The number of carbonyl (C=O) groups is 2. The Kier molecular flexibility index (Phi) is 5.73. The number of hydrogen-bond donors (Lipinski definition) is 2. The monoisotopic (exact) mass is 341 g/mol. The minimum absolute atomic E-state index is 0.139. The van der Waals surface area contributed by atoms with Crippen LogP contribution >= 0.6 is 0 Å². The van der Waals surface area contributed by atoms with Gasteiger partial charge in [-0.25, -0.2) is 13.2 Å². The van der Waals surface area contributed by atoms with Crippen LogP contribution in [0.15, 0.2) is 35.2 Å². The van der Waals surface area contributed by atoms with Crippen molar-refractivity contribution in [2.75, 3.05) is 19.0 Å². The highest BCUT2D eigenvalue weighted by Gasteiger charge is 2.29. The number of benzene rings is 1. The van der Waals surface area contributed by atoms with E-state index in [0.29, 0.717) is 13.0 Å². The van der Waals surface area contributed by atoms with Crippen molar-refractivity contribution in [3.8, 4) is 0 Å². The summed E-state index contributed by atoms with van der Waals surface area (Å²) in [5.74, 6) is -2.38. The van der Waals surface area contributed by atoms with Crippen LogP contribution in [0.3, 0.4) is 0 Å². The first kappa shape index (κ1) is 17.4. The molecule has 7 nitrogen and oxygen atoms in total. The van der Waals surface area contributed by atoms with Crippen LogP contribution in [0.4, 0.5) is 0 Å². The Morgan fingerprint density at radius 1 is 1.30 bits per heavy atom. The summed E-state index contributed by atoms with van der Waals surface area (Å²) < 4.78 is 29.4. The normalized spacial score (nSPS) is 19.2. The summed E-state index contributed by atoms with van der Waals surface area (Å²) in [6.45, 7) is 0.735. The maximum Gasteiger partial charge on any atom is 0.326 e. The molecule has 0 unspecified atom stereocenters. The lowest BCUT2D eigenvalue weighted by Gasteiger charge is -2.16. The maximum absolute atomic E-state index is 12.2. The SMILES string of the molecule is O=C(N[C@@H](CCS(=O)(=O)c1ccccc1)C(=O)O)[C@@H]1CCOC1. The van der Waals surface area contributed by atoms with Gasteiger partial charge in [-0.1, -0.05) is 18.2 Å². The average molecular weight is 341 g/mol. The molecule has 1 aromatic carbocycles. The largest absolute Gasteiger partial charge is 0.480 e. The van der Waals surface area contributed by atoms with Gasteiger partial charge in [0.1, 0.15) is 6.04 Å². The number of amides is 1. The van der Waals surface area contributed by atoms with Crippen LogP contribution in [0.25, 0.3) is 0 Å². The molecule has 1 fully saturated rings. The second-order valence-electron chi connectivity index (χ2n) is 5.38. The standard InChI is InChI=1S/C15H19NO6S/c17-14(11-6-8-22-10-11)16-13(15(18)19)7-9-23(20,21)12-4-2-1-3-5-12/h1-5,11,13H,6-10H2,(H,16,17)(H,18,19)/t11-,13+/m1/s1. The van der Waals surface area contributed by atoms with E-state index in [0.717, 1.165) is 0 Å². The van der Waals surface area contributed by atoms with E-state index in [1.165, 1.54) is 12.1 Å². The van der Waals surface area contributed by atoms with Crippen molar-refractivity contribution >= 4 is 21.7 Å². The third-order valence-electron chi connectivity index (χ3n) is 3.69. The molecular weight excluding hydrogens is 322 g/mol. The highest BCUT2D eigenvalue weighted by molar-refractivity contribution is 7.91. The molecule has 1 aliphatic heterocycles. The Bertz CT molecular complexity index is 652. The number of ether oxygens (including phenoxy) is 1. The van der Waals surface area contributed by atoms with Crippen molar-refractivity contribution < 1.29 is 27.9 Å². The highest BCUT2D eigenvalue weighted by atomic mass is 32.2. The van der Waals surface area contributed by atoms with Crippen LogP contribution in [-0.2, 0) is 24.2 Å². The van der Waals surface area contributed by atoms with Crippen LogP contribution in [0, 0.1) is 5.92 Å². The number of nitrogens with one attached hydrogen (secondary N) is 1. The van der Waals surface area contributed by atoms with Gasteiger partial charge in [0, 0.05) is 6.61 Å². The molecule has 0 aliphatic carbocycles. The van der Waals surface area contributed by atoms with E-state index in [9.17, 15) is 23.1 Å². The summed E-state index contributed by atoms with van der Waals surface area (Å²) in [4.78, 5) is 23.4. The second kappa shape index (κ2) is 7.56. The van der Waals surface area contributed by atoms with E-state index in [1.54, 1.807) is 18.2 Å². The third kappa shape index (κ3) is 4.77. The highest BCUT2D eigenvalue weighted by Crippen LogP contribution is 2.14. The Hall–Kier alpha value is -1.93. The molecule has 1 saturated heterocycles. The van der Waals surface area contributed by atoms with Crippen LogP contribution in [-0.4, -0.2) is 50.4 Å². The van der Waals surface area contributed by atoms with Crippen LogP contribution in [0.1, 0.15) is 12.8 Å². The fourth-order valence-corrected chi connectivity index (χ4v) is 3.66. The first-order valence-corrected chi connectivity index (χ1v) is 8.94. The zero-order chi connectivity index (χ0) is 16.9. The van der Waals surface area contributed by atoms with Gasteiger partial charge < -0.3 is 15.2 Å². The van der Waals surface area contributed by atoms with Crippen LogP contribution < -0.4 is 5.32 Å². The number of hydrogen-bond acceptors (Lipinski definition) is 5. The third-order valence-corrected chi connectivity index (χ3v) is 5.46.